The minimum absolute atomic E-state index is 0.668. The Bertz CT molecular complexity index is 452. The highest BCUT2D eigenvalue weighted by molar-refractivity contribution is 9.13. The summed E-state index contributed by atoms with van der Waals surface area (Å²) in [4.78, 5) is 3.94. The van der Waals surface area contributed by atoms with Gasteiger partial charge in [-0.25, -0.2) is 0 Å². The summed E-state index contributed by atoms with van der Waals surface area (Å²) in [6.07, 6.45) is 6.35. The Balaban J connectivity index is 1.98. The fraction of sp³-hybridized carbons (Fsp3) is 0.500. The van der Waals surface area contributed by atoms with Crippen molar-refractivity contribution in [3.8, 4) is 0 Å². The molecule has 86 valence electrons. The lowest BCUT2D eigenvalue weighted by atomic mass is 10.0. The van der Waals surface area contributed by atoms with E-state index >= 15 is 0 Å². The van der Waals surface area contributed by atoms with Crippen LogP contribution in [0.5, 0.6) is 0 Å². The minimum Gasteiger partial charge on any atom is -0.297 e. The lowest BCUT2D eigenvalue weighted by Crippen LogP contribution is -2.34. The topological polar surface area (TPSA) is 3.24 Å². The molecule has 2 aliphatic rings. The van der Waals surface area contributed by atoms with Crippen LogP contribution in [0.2, 0.25) is 0 Å². The molecule has 2 bridgehead atoms. The van der Waals surface area contributed by atoms with Crippen molar-refractivity contribution in [2.45, 2.75) is 31.3 Å². The number of halogens is 2. The molecule has 0 spiro atoms. The Morgan fingerprint density at radius 2 is 2.19 bits per heavy atom. The summed E-state index contributed by atoms with van der Waals surface area (Å²) >= 11 is 9.07. The van der Waals surface area contributed by atoms with Crippen molar-refractivity contribution < 1.29 is 0 Å². The van der Waals surface area contributed by atoms with Gasteiger partial charge in [-0.1, -0.05) is 6.08 Å². The number of hydrogen-bond acceptors (Lipinski definition) is 2. The second-order valence-corrected chi connectivity index (χ2v) is 7.11. The van der Waals surface area contributed by atoms with Crippen LogP contribution in [0.1, 0.15) is 24.1 Å². The van der Waals surface area contributed by atoms with E-state index < -0.39 is 0 Å². The van der Waals surface area contributed by atoms with Crippen LogP contribution >= 0.6 is 43.2 Å². The van der Waals surface area contributed by atoms with Crippen molar-refractivity contribution in [1.29, 1.82) is 0 Å². The third-order valence-corrected chi connectivity index (χ3v) is 7.33. The van der Waals surface area contributed by atoms with E-state index in [2.05, 4.69) is 55.3 Å². The molecule has 0 amide bonds. The summed E-state index contributed by atoms with van der Waals surface area (Å²) < 4.78 is 2.41. The van der Waals surface area contributed by atoms with E-state index in [4.69, 9.17) is 0 Å². The maximum absolute atomic E-state index is 3.67. The normalized spacial score (nSPS) is 29.6. The van der Waals surface area contributed by atoms with Gasteiger partial charge in [-0.15, -0.1) is 11.3 Å². The van der Waals surface area contributed by atoms with E-state index in [1.165, 1.54) is 38.7 Å². The maximum atomic E-state index is 3.67. The van der Waals surface area contributed by atoms with Crippen LogP contribution in [0.4, 0.5) is 0 Å². The molecule has 1 aromatic rings. The van der Waals surface area contributed by atoms with Gasteiger partial charge in [0.15, 0.2) is 0 Å². The maximum Gasteiger partial charge on any atom is 0.0500 e. The quantitative estimate of drug-likeness (QED) is 0.709. The molecule has 2 atom stereocenters. The fourth-order valence-electron chi connectivity index (χ4n) is 2.75. The molecule has 4 heteroatoms. The summed E-state index contributed by atoms with van der Waals surface area (Å²) in [5.74, 6) is 0. The molecule has 0 saturated carbocycles. The highest BCUT2D eigenvalue weighted by Gasteiger charge is 2.34. The van der Waals surface area contributed by atoms with Gasteiger partial charge in [-0.3, -0.25) is 4.90 Å². The molecule has 0 aromatic carbocycles. The molecule has 0 radical (unpaired) electrons. The molecular formula is C12H13Br2NS. The highest BCUT2D eigenvalue weighted by Crippen LogP contribution is 2.43. The fourth-order valence-corrected chi connectivity index (χ4v) is 5.02. The minimum atomic E-state index is 0.668. The van der Waals surface area contributed by atoms with Gasteiger partial charge in [-0.05, 0) is 63.7 Å². The van der Waals surface area contributed by atoms with Gasteiger partial charge in [0.25, 0.3) is 0 Å². The standard InChI is InChI=1S/C12H13Br2NS/c1-15-8-2-3-9(15)5-7(4-8)12-11(14)10(13)6-16-12/h4,6,8-9H,2-3,5H2,1H3. The van der Waals surface area contributed by atoms with Crippen LogP contribution < -0.4 is 0 Å². The molecule has 0 aliphatic carbocycles. The Kier molecular flexibility index (Phi) is 3.03. The number of hydrogen-bond donors (Lipinski definition) is 0. The third kappa shape index (κ3) is 1.74. The monoisotopic (exact) mass is 361 g/mol. The zero-order valence-electron chi connectivity index (χ0n) is 9.04. The molecule has 1 saturated heterocycles. The average molecular weight is 363 g/mol. The molecule has 2 aliphatic heterocycles. The Morgan fingerprint density at radius 3 is 2.81 bits per heavy atom. The molecule has 2 unspecified atom stereocenters. The molecule has 16 heavy (non-hydrogen) atoms. The van der Waals surface area contributed by atoms with E-state index in [1.807, 2.05) is 11.3 Å². The lowest BCUT2D eigenvalue weighted by molar-refractivity contribution is 0.264. The summed E-state index contributed by atoms with van der Waals surface area (Å²) in [7, 11) is 2.26. The zero-order chi connectivity index (χ0) is 11.3. The van der Waals surface area contributed by atoms with E-state index in [1.54, 1.807) is 0 Å². The second-order valence-electron chi connectivity index (χ2n) is 4.59. The van der Waals surface area contributed by atoms with Crippen molar-refractivity contribution in [2.24, 2.45) is 0 Å². The first-order chi connectivity index (χ1) is 7.66. The number of rotatable bonds is 1. The van der Waals surface area contributed by atoms with E-state index in [0.717, 1.165) is 6.04 Å². The van der Waals surface area contributed by atoms with Crippen LogP contribution in [0.15, 0.2) is 20.4 Å². The number of likely N-dealkylation sites (N-methyl/N-ethyl adjacent to an activating group) is 1. The van der Waals surface area contributed by atoms with Gasteiger partial charge in [-0.2, -0.15) is 0 Å². The summed E-state index contributed by atoms with van der Waals surface area (Å²) in [5, 5.41) is 2.17. The summed E-state index contributed by atoms with van der Waals surface area (Å²) in [6.45, 7) is 0. The van der Waals surface area contributed by atoms with Gasteiger partial charge in [0.05, 0.1) is 4.47 Å². The molecule has 3 rings (SSSR count). The molecule has 1 aromatic heterocycles. The van der Waals surface area contributed by atoms with Crippen LogP contribution in [0.3, 0.4) is 0 Å². The van der Waals surface area contributed by atoms with Crippen molar-refractivity contribution in [2.75, 3.05) is 7.05 Å². The SMILES string of the molecule is CN1C2C=C(c3scc(Br)c3Br)CC1CC2. The molecule has 1 nitrogen and oxygen atoms in total. The molecule has 0 N–H and O–H groups in total. The second kappa shape index (κ2) is 4.23. The first-order valence-electron chi connectivity index (χ1n) is 5.52. The van der Waals surface area contributed by atoms with Crippen molar-refractivity contribution in [3.05, 3.63) is 25.3 Å². The highest BCUT2D eigenvalue weighted by atomic mass is 79.9. The van der Waals surface area contributed by atoms with Crippen LogP contribution in [0.25, 0.3) is 5.57 Å². The smallest absolute Gasteiger partial charge is 0.0500 e. The van der Waals surface area contributed by atoms with Gasteiger partial charge in [0.1, 0.15) is 0 Å². The van der Waals surface area contributed by atoms with Crippen LogP contribution in [-0.2, 0) is 0 Å². The largest absolute Gasteiger partial charge is 0.297 e. The molecule has 1 fully saturated rings. The lowest BCUT2D eigenvalue weighted by Gasteiger charge is -2.30. The van der Waals surface area contributed by atoms with E-state index in [9.17, 15) is 0 Å². The molecular weight excluding hydrogens is 350 g/mol. The van der Waals surface area contributed by atoms with Crippen molar-refractivity contribution in [3.63, 3.8) is 0 Å². The Hall–Kier alpha value is 0.360. The average Bonchev–Trinajstić information content (AvgIpc) is 2.68. The zero-order valence-corrected chi connectivity index (χ0v) is 13.0. The van der Waals surface area contributed by atoms with E-state index in [0.29, 0.717) is 6.04 Å². The van der Waals surface area contributed by atoms with Gasteiger partial charge in [0, 0.05) is 26.8 Å². The predicted molar refractivity (Wildman–Crippen MR) is 76.9 cm³/mol. The van der Waals surface area contributed by atoms with Gasteiger partial charge >= 0.3 is 0 Å². The van der Waals surface area contributed by atoms with Crippen molar-refractivity contribution in [1.82, 2.24) is 4.90 Å². The van der Waals surface area contributed by atoms with Gasteiger partial charge < -0.3 is 0 Å². The summed E-state index contributed by atoms with van der Waals surface area (Å²) in [6, 6.07) is 1.43. The Morgan fingerprint density at radius 1 is 1.38 bits per heavy atom. The van der Waals surface area contributed by atoms with Gasteiger partial charge in [0.2, 0.25) is 0 Å². The van der Waals surface area contributed by atoms with Crippen molar-refractivity contribution >= 4 is 48.8 Å². The number of nitrogens with zero attached hydrogens (tertiary/aromatic N) is 1. The summed E-state index contributed by atoms with van der Waals surface area (Å²) in [5.41, 5.74) is 1.54. The van der Waals surface area contributed by atoms with E-state index in [-0.39, 0.29) is 0 Å². The number of thiophene rings is 1. The Labute approximate surface area is 117 Å². The van der Waals surface area contributed by atoms with Crippen LogP contribution in [-0.4, -0.2) is 24.0 Å². The first kappa shape index (κ1) is 11.5. The predicted octanol–water partition coefficient (Wildman–Crippen LogP) is 4.52. The van der Waals surface area contributed by atoms with Crippen LogP contribution in [0, 0.1) is 0 Å². The first-order valence-corrected chi connectivity index (χ1v) is 7.99. The molecule has 3 heterocycles. The third-order valence-electron chi connectivity index (χ3n) is 3.72. The number of fused-ring (bicyclic) bond motifs is 2.